The van der Waals surface area contributed by atoms with E-state index in [9.17, 15) is 0 Å². The molecule has 1 aromatic carbocycles. The van der Waals surface area contributed by atoms with Gasteiger partial charge in [-0.1, -0.05) is 25.0 Å². The molecule has 0 bridgehead atoms. The molecule has 1 aliphatic heterocycles. The van der Waals surface area contributed by atoms with E-state index in [0.717, 1.165) is 35.5 Å². The summed E-state index contributed by atoms with van der Waals surface area (Å²) in [6, 6.07) is 8.44. The zero-order chi connectivity index (χ0) is 13.9. The maximum absolute atomic E-state index is 6.18. The van der Waals surface area contributed by atoms with E-state index in [0.29, 0.717) is 11.9 Å². The summed E-state index contributed by atoms with van der Waals surface area (Å²) in [6.45, 7) is 3.08. The SMILES string of the molecule is Cc1nc2ccccc2nc1N1CCCCCC1CCl. The number of hydrogen-bond donors (Lipinski definition) is 0. The van der Waals surface area contributed by atoms with E-state index in [1.54, 1.807) is 0 Å². The van der Waals surface area contributed by atoms with Gasteiger partial charge in [-0.2, -0.15) is 0 Å². The highest BCUT2D eigenvalue weighted by molar-refractivity contribution is 6.18. The minimum absolute atomic E-state index is 0.383. The van der Waals surface area contributed by atoms with Crippen molar-refractivity contribution in [3.8, 4) is 0 Å². The summed E-state index contributed by atoms with van der Waals surface area (Å²) in [7, 11) is 0. The Balaban J connectivity index is 2.04. The molecule has 20 heavy (non-hydrogen) atoms. The zero-order valence-corrected chi connectivity index (χ0v) is 12.6. The Morgan fingerprint density at radius 2 is 1.90 bits per heavy atom. The van der Waals surface area contributed by atoms with Crippen molar-refractivity contribution in [3.05, 3.63) is 30.0 Å². The number of benzene rings is 1. The van der Waals surface area contributed by atoms with Crippen molar-refractivity contribution in [1.29, 1.82) is 0 Å². The van der Waals surface area contributed by atoms with Crippen LogP contribution in [0.1, 0.15) is 31.4 Å². The van der Waals surface area contributed by atoms with E-state index in [2.05, 4.69) is 4.90 Å². The van der Waals surface area contributed by atoms with Gasteiger partial charge in [-0.05, 0) is 31.9 Å². The highest BCUT2D eigenvalue weighted by atomic mass is 35.5. The lowest BCUT2D eigenvalue weighted by Crippen LogP contribution is -2.37. The molecule has 2 aromatic rings. The van der Waals surface area contributed by atoms with Gasteiger partial charge in [0.25, 0.3) is 0 Å². The maximum Gasteiger partial charge on any atom is 0.151 e. The predicted octanol–water partition coefficient (Wildman–Crippen LogP) is 3.93. The molecule has 0 amide bonds. The van der Waals surface area contributed by atoms with Gasteiger partial charge in [0.1, 0.15) is 0 Å². The van der Waals surface area contributed by atoms with Crippen molar-refractivity contribution in [3.63, 3.8) is 0 Å². The molecule has 106 valence electrons. The third-order valence-corrected chi connectivity index (χ3v) is 4.40. The fourth-order valence-electron chi connectivity index (χ4n) is 2.97. The minimum atomic E-state index is 0.383. The Hall–Kier alpha value is -1.35. The van der Waals surface area contributed by atoms with E-state index < -0.39 is 0 Å². The number of para-hydroxylation sites is 2. The van der Waals surface area contributed by atoms with Gasteiger partial charge in [-0.15, -0.1) is 11.6 Å². The topological polar surface area (TPSA) is 29.0 Å². The lowest BCUT2D eigenvalue weighted by molar-refractivity contribution is 0.614. The quantitative estimate of drug-likeness (QED) is 0.785. The second kappa shape index (κ2) is 5.96. The molecule has 3 nitrogen and oxygen atoms in total. The molecule has 1 aromatic heterocycles. The van der Waals surface area contributed by atoms with Crippen molar-refractivity contribution in [1.82, 2.24) is 9.97 Å². The standard InChI is InChI=1S/C16H20ClN3/c1-12-16(19-15-9-5-4-8-14(15)18-12)20-10-6-2-3-7-13(20)11-17/h4-5,8-9,13H,2-3,6-7,10-11H2,1H3. The first kappa shape index (κ1) is 13.6. The average Bonchev–Trinajstić information content (AvgIpc) is 2.71. The molecule has 1 atom stereocenters. The summed E-state index contributed by atoms with van der Waals surface area (Å²) >= 11 is 6.18. The molecule has 1 unspecified atom stereocenters. The molecule has 3 rings (SSSR count). The molecular formula is C16H20ClN3. The second-order valence-corrected chi connectivity index (χ2v) is 5.78. The molecule has 0 saturated carbocycles. The monoisotopic (exact) mass is 289 g/mol. The van der Waals surface area contributed by atoms with Gasteiger partial charge < -0.3 is 4.90 Å². The summed E-state index contributed by atoms with van der Waals surface area (Å²) in [5.41, 5.74) is 2.93. The number of anilines is 1. The van der Waals surface area contributed by atoms with E-state index in [1.165, 1.54) is 19.3 Å². The number of alkyl halides is 1. The molecule has 0 aliphatic carbocycles. The molecule has 1 aliphatic rings. The first-order valence-electron chi connectivity index (χ1n) is 7.35. The lowest BCUT2D eigenvalue weighted by Gasteiger charge is -2.30. The molecule has 0 spiro atoms. The fraction of sp³-hybridized carbons (Fsp3) is 0.500. The van der Waals surface area contributed by atoms with Crippen LogP contribution in [0, 0.1) is 6.92 Å². The Bertz CT molecular complexity index is 599. The van der Waals surface area contributed by atoms with Crippen LogP contribution in [-0.4, -0.2) is 28.4 Å². The third-order valence-electron chi connectivity index (χ3n) is 4.05. The Labute approximate surface area is 125 Å². The van der Waals surface area contributed by atoms with Gasteiger partial charge in [-0.25, -0.2) is 9.97 Å². The summed E-state index contributed by atoms with van der Waals surface area (Å²) in [4.78, 5) is 11.9. The Morgan fingerprint density at radius 1 is 1.15 bits per heavy atom. The molecule has 1 saturated heterocycles. The number of aryl methyl sites for hydroxylation is 1. The van der Waals surface area contributed by atoms with Crippen LogP contribution in [0.5, 0.6) is 0 Å². The van der Waals surface area contributed by atoms with Crippen LogP contribution in [0.3, 0.4) is 0 Å². The van der Waals surface area contributed by atoms with E-state index in [-0.39, 0.29) is 0 Å². The van der Waals surface area contributed by atoms with E-state index in [1.807, 2.05) is 31.2 Å². The number of aromatic nitrogens is 2. The van der Waals surface area contributed by atoms with Gasteiger partial charge in [0, 0.05) is 18.5 Å². The molecule has 0 radical (unpaired) electrons. The first-order chi connectivity index (χ1) is 9.79. The summed E-state index contributed by atoms with van der Waals surface area (Å²) in [5.74, 6) is 1.67. The molecular weight excluding hydrogens is 270 g/mol. The van der Waals surface area contributed by atoms with Crippen LogP contribution < -0.4 is 4.90 Å². The third kappa shape index (κ3) is 2.59. The highest BCUT2D eigenvalue weighted by Crippen LogP contribution is 2.27. The van der Waals surface area contributed by atoms with Crippen molar-refractivity contribution in [2.45, 2.75) is 38.6 Å². The van der Waals surface area contributed by atoms with Gasteiger partial charge in [0.2, 0.25) is 0 Å². The maximum atomic E-state index is 6.18. The second-order valence-electron chi connectivity index (χ2n) is 5.47. The smallest absolute Gasteiger partial charge is 0.151 e. The van der Waals surface area contributed by atoms with Gasteiger partial charge in [0.05, 0.1) is 16.7 Å². The number of fused-ring (bicyclic) bond motifs is 1. The summed E-state index contributed by atoms with van der Waals surface area (Å²) in [6.07, 6.45) is 4.90. The molecule has 2 heterocycles. The van der Waals surface area contributed by atoms with Gasteiger partial charge in [-0.3, -0.25) is 0 Å². The van der Waals surface area contributed by atoms with Crippen molar-refractivity contribution in [2.24, 2.45) is 0 Å². The molecule has 1 fully saturated rings. The highest BCUT2D eigenvalue weighted by Gasteiger charge is 2.23. The number of nitrogens with zero attached hydrogens (tertiary/aromatic N) is 3. The van der Waals surface area contributed by atoms with Crippen LogP contribution in [0.4, 0.5) is 5.82 Å². The van der Waals surface area contributed by atoms with Crippen molar-refractivity contribution >= 4 is 28.5 Å². The lowest BCUT2D eigenvalue weighted by atomic mass is 10.1. The van der Waals surface area contributed by atoms with E-state index >= 15 is 0 Å². The van der Waals surface area contributed by atoms with E-state index in [4.69, 9.17) is 21.6 Å². The number of hydrogen-bond acceptors (Lipinski definition) is 3. The van der Waals surface area contributed by atoms with Gasteiger partial charge in [0.15, 0.2) is 5.82 Å². The summed E-state index contributed by atoms with van der Waals surface area (Å²) < 4.78 is 0. The van der Waals surface area contributed by atoms with Crippen LogP contribution >= 0.6 is 11.6 Å². The first-order valence-corrected chi connectivity index (χ1v) is 7.89. The average molecular weight is 290 g/mol. The van der Waals surface area contributed by atoms with Gasteiger partial charge >= 0.3 is 0 Å². The largest absolute Gasteiger partial charge is 0.351 e. The zero-order valence-electron chi connectivity index (χ0n) is 11.8. The normalized spacial score (nSPS) is 20.1. The van der Waals surface area contributed by atoms with Crippen molar-refractivity contribution in [2.75, 3.05) is 17.3 Å². The number of halogens is 1. The van der Waals surface area contributed by atoms with Crippen LogP contribution in [-0.2, 0) is 0 Å². The Morgan fingerprint density at radius 3 is 2.65 bits per heavy atom. The number of rotatable bonds is 2. The summed E-state index contributed by atoms with van der Waals surface area (Å²) in [5, 5.41) is 0. The Kier molecular flexibility index (Phi) is 4.06. The van der Waals surface area contributed by atoms with Crippen LogP contribution in [0.25, 0.3) is 11.0 Å². The minimum Gasteiger partial charge on any atom is -0.351 e. The molecule has 0 N–H and O–H groups in total. The molecule has 4 heteroatoms. The van der Waals surface area contributed by atoms with Crippen LogP contribution in [0.15, 0.2) is 24.3 Å². The predicted molar refractivity (Wildman–Crippen MR) is 84.6 cm³/mol. The van der Waals surface area contributed by atoms with Crippen molar-refractivity contribution < 1.29 is 0 Å². The van der Waals surface area contributed by atoms with Crippen LogP contribution in [0.2, 0.25) is 0 Å². The fourth-order valence-corrected chi connectivity index (χ4v) is 3.29.